The smallest absolute Gasteiger partial charge is 0.414 e. The highest BCUT2D eigenvalue weighted by Crippen LogP contribution is 2.47. The van der Waals surface area contributed by atoms with Crippen LogP contribution in [0.15, 0.2) is 35.7 Å². The van der Waals surface area contributed by atoms with Gasteiger partial charge in [-0.2, -0.15) is 10.6 Å². The lowest BCUT2D eigenvalue weighted by molar-refractivity contribution is 0.142. The summed E-state index contributed by atoms with van der Waals surface area (Å²) < 4.78 is 49.2. The molecule has 6 nitrogen and oxygen atoms in total. The van der Waals surface area contributed by atoms with Gasteiger partial charge in [0.15, 0.2) is 0 Å². The number of anilines is 1. The zero-order chi connectivity index (χ0) is 19.6. The number of halogens is 2. The monoisotopic (exact) mass is 418 g/mol. The van der Waals surface area contributed by atoms with Crippen LogP contribution in [-0.4, -0.2) is 51.6 Å². The van der Waals surface area contributed by atoms with Crippen LogP contribution in [0.25, 0.3) is 0 Å². The molecule has 0 bridgehead atoms. The number of alkyl halides is 2. The van der Waals surface area contributed by atoms with Gasteiger partial charge in [0.05, 0.1) is 13.1 Å². The molecule has 2 aliphatic rings. The summed E-state index contributed by atoms with van der Waals surface area (Å²) >= 11 is 4.50. The fourth-order valence-corrected chi connectivity index (χ4v) is 4.26. The van der Waals surface area contributed by atoms with E-state index in [4.69, 9.17) is 4.74 Å². The average Bonchev–Trinajstić information content (AvgIpc) is 3.00. The van der Waals surface area contributed by atoms with Crippen LogP contribution in [0.1, 0.15) is 17.9 Å². The van der Waals surface area contributed by atoms with Gasteiger partial charge in [-0.05, 0) is 24.1 Å². The van der Waals surface area contributed by atoms with Crippen LogP contribution in [0, 0.1) is 0 Å². The lowest BCUT2D eigenvalue weighted by Gasteiger charge is -2.33. The van der Waals surface area contributed by atoms with Crippen molar-refractivity contribution in [2.75, 3.05) is 23.7 Å². The maximum Gasteiger partial charge on any atom is 0.414 e. The van der Waals surface area contributed by atoms with Gasteiger partial charge < -0.3 is 10.1 Å². The largest absolute Gasteiger partial charge is 0.442 e. The maximum atomic E-state index is 12.4. The van der Waals surface area contributed by atoms with Crippen LogP contribution in [0.5, 0.6) is 0 Å². The molecule has 1 amide bonds. The molecule has 1 unspecified atom stereocenters. The number of allylic oxidation sites excluding steroid dienone is 1. The number of carbonyl (C=O) groups excluding carboxylic acids is 1. The Kier molecular flexibility index (Phi) is 5.99. The molecule has 2 heterocycles. The van der Waals surface area contributed by atoms with Gasteiger partial charge in [0.1, 0.15) is 11.1 Å². The van der Waals surface area contributed by atoms with Crippen LogP contribution in [0.4, 0.5) is 19.3 Å². The van der Waals surface area contributed by atoms with Gasteiger partial charge in [-0.15, -0.1) is 0 Å². The molecule has 1 aromatic rings. The molecule has 2 aliphatic heterocycles. The second kappa shape index (κ2) is 8.09. The van der Waals surface area contributed by atoms with Crippen LogP contribution < -0.4 is 10.2 Å². The zero-order valence-corrected chi connectivity index (χ0v) is 15.9. The highest BCUT2D eigenvalue weighted by atomic mass is 32.3. The Morgan fingerprint density at radius 2 is 2.07 bits per heavy atom. The molecule has 3 rings (SSSR count). The van der Waals surface area contributed by atoms with Crippen molar-refractivity contribution in [3.8, 4) is 0 Å². The molecule has 3 N–H and O–H groups in total. The molecule has 10 heteroatoms. The summed E-state index contributed by atoms with van der Waals surface area (Å²) in [5.74, 6) is 0.431. The summed E-state index contributed by atoms with van der Waals surface area (Å²) in [6, 6.07) is 7.34. The number of ether oxygens (including phenoxy) is 1. The molecule has 0 aromatic heterocycles. The number of thiocarbonyl (C=S) groups is 1. The van der Waals surface area contributed by atoms with E-state index >= 15 is 0 Å². The van der Waals surface area contributed by atoms with Gasteiger partial charge in [0.2, 0.25) is 0 Å². The Morgan fingerprint density at radius 3 is 2.67 bits per heavy atom. The van der Waals surface area contributed by atoms with Gasteiger partial charge in [-0.1, -0.05) is 30.4 Å². The van der Waals surface area contributed by atoms with Crippen molar-refractivity contribution in [3.63, 3.8) is 0 Å². The fraction of sp³-hybridized carbons (Fsp3) is 0.412. The van der Waals surface area contributed by atoms with E-state index in [0.717, 1.165) is 5.56 Å². The van der Waals surface area contributed by atoms with Crippen molar-refractivity contribution in [1.82, 2.24) is 5.32 Å². The molecule has 1 fully saturated rings. The molecule has 0 saturated carbocycles. The van der Waals surface area contributed by atoms with E-state index in [-0.39, 0.29) is 19.0 Å². The minimum atomic E-state index is -2.74. The first-order chi connectivity index (χ1) is 12.7. The van der Waals surface area contributed by atoms with Crippen molar-refractivity contribution < 1.29 is 27.4 Å². The third-order valence-corrected chi connectivity index (χ3v) is 6.22. The van der Waals surface area contributed by atoms with E-state index < -0.39 is 34.2 Å². The average molecular weight is 418 g/mol. The van der Waals surface area contributed by atoms with Crippen molar-refractivity contribution in [2.24, 2.45) is 0 Å². The van der Waals surface area contributed by atoms with Crippen molar-refractivity contribution in [3.05, 3.63) is 41.3 Å². The molecule has 1 aromatic carbocycles. The molecule has 27 heavy (non-hydrogen) atoms. The molecule has 0 aliphatic carbocycles. The van der Waals surface area contributed by atoms with Gasteiger partial charge in [0, 0.05) is 22.8 Å². The lowest BCUT2D eigenvalue weighted by atomic mass is 9.96. The summed E-state index contributed by atoms with van der Waals surface area (Å²) in [5, 5.41) is 3.87. The second-order valence-electron chi connectivity index (χ2n) is 6.40. The van der Waals surface area contributed by atoms with E-state index in [1.165, 1.54) is 10.3 Å². The van der Waals surface area contributed by atoms with Gasteiger partial charge >= 0.3 is 6.09 Å². The number of rotatable bonds is 5. The van der Waals surface area contributed by atoms with Crippen LogP contribution in [0.3, 0.4) is 0 Å². The lowest BCUT2D eigenvalue weighted by Crippen LogP contribution is -2.36. The quantitative estimate of drug-likeness (QED) is 0.629. The van der Waals surface area contributed by atoms with E-state index in [0.29, 0.717) is 17.9 Å². The number of hydrogen-bond donors (Lipinski definition) is 3. The molecule has 148 valence electrons. The SMILES string of the molecule is O=C1O[C@@H](CNC(=S)C(F)F)CN1c1ccc(C2C=CS(O)(O)CC2)cc1. The number of hydrogen-bond acceptors (Lipinski definition) is 5. The third-order valence-electron chi connectivity index (χ3n) is 4.47. The van der Waals surface area contributed by atoms with Gasteiger partial charge in [-0.25, -0.2) is 13.6 Å². The molecular weight excluding hydrogens is 398 g/mol. The van der Waals surface area contributed by atoms with Gasteiger partial charge in [-0.3, -0.25) is 14.0 Å². The van der Waals surface area contributed by atoms with Crippen molar-refractivity contribution in [2.45, 2.75) is 24.9 Å². The highest BCUT2D eigenvalue weighted by molar-refractivity contribution is 8.26. The molecule has 1 saturated heterocycles. The predicted molar refractivity (Wildman–Crippen MR) is 105 cm³/mol. The maximum absolute atomic E-state index is 12.4. The Labute approximate surface area is 162 Å². The minimum absolute atomic E-state index is 0.0305. The Morgan fingerprint density at radius 1 is 1.37 bits per heavy atom. The topological polar surface area (TPSA) is 82.0 Å². The predicted octanol–water partition coefficient (Wildman–Crippen LogP) is 3.95. The van der Waals surface area contributed by atoms with Gasteiger partial charge in [0.25, 0.3) is 6.43 Å². The standard InChI is InChI=1S/C17H20F2N2O4S2/c18-15(19)16(26)20-9-14-10-21(17(22)25-14)13-3-1-11(2-4-13)12-5-7-27(23,24)8-6-12/h1-5,7,12,14-15,23-24H,6,8-10H2,(H,20,26)/t12?,14-/m0/s1. The van der Waals surface area contributed by atoms with Crippen molar-refractivity contribution >= 4 is 39.6 Å². The summed E-state index contributed by atoms with van der Waals surface area (Å²) in [4.78, 5) is 12.9. The van der Waals surface area contributed by atoms with E-state index in [1.807, 2.05) is 12.1 Å². The molecular formula is C17H20F2N2O4S2. The first kappa shape index (κ1) is 20.0. The zero-order valence-electron chi connectivity index (χ0n) is 14.3. The normalized spacial score (nSPS) is 25.4. The third kappa shape index (κ3) is 4.95. The Hall–Kier alpha value is -1.75. The highest BCUT2D eigenvalue weighted by Gasteiger charge is 2.32. The molecule has 0 radical (unpaired) electrons. The number of cyclic esters (lactones) is 1. The van der Waals surface area contributed by atoms with E-state index in [2.05, 4.69) is 17.5 Å². The Bertz CT molecular complexity index is 743. The number of nitrogens with zero attached hydrogens (tertiary/aromatic N) is 1. The number of amides is 1. The summed E-state index contributed by atoms with van der Waals surface area (Å²) in [6.07, 6.45) is -1.41. The first-order valence-corrected chi connectivity index (χ1v) is 10.5. The van der Waals surface area contributed by atoms with Crippen LogP contribution in [-0.2, 0) is 4.74 Å². The van der Waals surface area contributed by atoms with Crippen molar-refractivity contribution in [1.29, 1.82) is 0 Å². The number of nitrogens with one attached hydrogen (secondary N) is 1. The van der Waals surface area contributed by atoms with E-state index in [1.54, 1.807) is 18.2 Å². The van der Waals surface area contributed by atoms with Crippen LogP contribution >= 0.6 is 22.8 Å². The number of carbonyl (C=O) groups is 1. The van der Waals surface area contributed by atoms with E-state index in [9.17, 15) is 22.7 Å². The summed E-state index contributed by atoms with van der Waals surface area (Å²) in [7, 11) is -2.59. The minimum Gasteiger partial charge on any atom is -0.442 e. The fourth-order valence-electron chi connectivity index (χ4n) is 2.99. The first-order valence-electron chi connectivity index (χ1n) is 8.33. The summed E-state index contributed by atoms with van der Waals surface area (Å²) in [5.41, 5.74) is 1.66. The summed E-state index contributed by atoms with van der Waals surface area (Å²) in [6.45, 7) is 0.268. The second-order valence-corrected chi connectivity index (χ2v) is 8.95. The van der Waals surface area contributed by atoms with Crippen LogP contribution in [0.2, 0.25) is 0 Å². The molecule has 0 spiro atoms. The Balaban J connectivity index is 1.60. The number of benzene rings is 1. The molecule has 2 atom stereocenters.